The smallest absolute Gasteiger partial charge is 0.125 e. The number of alkyl halides is 1. The standard InChI is InChI=1S/C16H15ClN2/c1-12-6-2-3-7-13(12)11-19-15-9-5-4-8-14(15)18-16(19)10-17/h2-9H,10-11H2,1H3. The molecule has 1 heterocycles. The Morgan fingerprint density at radius 2 is 1.79 bits per heavy atom. The van der Waals surface area contributed by atoms with Gasteiger partial charge in [0.25, 0.3) is 0 Å². The number of imidazole rings is 1. The van der Waals surface area contributed by atoms with Crippen molar-refractivity contribution in [3.63, 3.8) is 0 Å². The van der Waals surface area contributed by atoms with Crippen molar-refractivity contribution in [3.05, 3.63) is 65.5 Å². The molecule has 0 aliphatic carbocycles. The van der Waals surface area contributed by atoms with E-state index in [1.54, 1.807) is 0 Å². The summed E-state index contributed by atoms with van der Waals surface area (Å²) in [4.78, 5) is 4.59. The van der Waals surface area contributed by atoms with Crippen molar-refractivity contribution in [2.24, 2.45) is 0 Å². The van der Waals surface area contributed by atoms with Gasteiger partial charge in [0.05, 0.1) is 16.9 Å². The molecule has 0 atom stereocenters. The van der Waals surface area contributed by atoms with Crippen molar-refractivity contribution in [1.29, 1.82) is 0 Å². The normalized spacial score (nSPS) is 11.1. The lowest BCUT2D eigenvalue weighted by Crippen LogP contribution is -2.05. The molecule has 0 amide bonds. The minimum Gasteiger partial charge on any atom is -0.322 e. The van der Waals surface area contributed by atoms with E-state index in [4.69, 9.17) is 11.6 Å². The number of rotatable bonds is 3. The van der Waals surface area contributed by atoms with Crippen LogP contribution in [0.4, 0.5) is 0 Å². The second kappa shape index (κ2) is 5.06. The third-order valence-electron chi connectivity index (χ3n) is 3.44. The Morgan fingerprint density at radius 3 is 2.58 bits per heavy atom. The Labute approximate surface area is 117 Å². The highest BCUT2D eigenvalue weighted by Gasteiger charge is 2.10. The number of hydrogen-bond acceptors (Lipinski definition) is 1. The van der Waals surface area contributed by atoms with Crippen LogP contribution in [0, 0.1) is 6.92 Å². The second-order valence-corrected chi connectivity index (χ2v) is 4.93. The van der Waals surface area contributed by atoms with Crippen LogP contribution in [0.1, 0.15) is 17.0 Å². The number of aromatic nitrogens is 2. The summed E-state index contributed by atoms with van der Waals surface area (Å²) in [6.07, 6.45) is 0. The zero-order chi connectivity index (χ0) is 13.2. The maximum absolute atomic E-state index is 6.03. The lowest BCUT2D eigenvalue weighted by molar-refractivity contribution is 0.774. The molecule has 0 saturated carbocycles. The van der Waals surface area contributed by atoms with E-state index in [0.717, 1.165) is 23.4 Å². The minimum atomic E-state index is 0.431. The molecule has 3 aromatic rings. The minimum absolute atomic E-state index is 0.431. The van der Waals surface area contributed by atoms with Crippen LogP contribution >= 0.6 is 11.6 Å². The number of aryl methyl sites for hydroxylation is 1. The lowest BCUT2D eigenvalue weighted by atomic mass is 10.1. The molecule has 0 aliphatic heterocycles. The summed E-state index contributed by atoms with van der Waals surface area (Å²) in [5.41, 5.74) is 4.74. The van der Waals surface area contributed by atoms with Crippen LogP contribution < -0.4 is 0 Å². The number of benzene rings is 2. The van der Waals surface area contributed by atoms with E-state index in [9.17, 15) is 0 Å². The molecular weight excluding hydrogens is 256 g/mol. The van der Waals surface area contributed by atoms with Gasteiger partial charge in [-0.15, -0.1) is 11.6 Å². The molecule has 0 unspecified atom stereocenters. The van der Waals surface area contributed by atoms with Gasteiger partial charge in [-0.1, -0.05) is 36.4 Å². The molecule has 2 nitrogen and oxygen atoms in total. The number of halogens is 1. The van der Waals surface area contributed by atoms with E-state index >= 15 is 0 Å². The van der Waals surface area contributed by atoms with Crippen LogP contribution in [-0.4, -0.2) is 9.55 Å². The summed E-state index contributed by atoms with van der Waals surface area (Å²) >= 11 is 6.03. The highest BCUT2D eigenvalue weighted by Crippen LogP contribution is 2.20. The Bertz CT molecular complexity index is 716. The molecule has 3 rings (SSSR count). The fraction of sp³-hybridized carbons (Fsp3) is 0.188. The summed E-state index contributed by atoms with van der Waals surface area (Å²) in [6.45, 7) is 2.95. The predicted molar refractivity (Wildman–Crippen MR) is 79.6 cm³/mol. The first-order valence-corrected chi connectivity index (χ1v) is 6.87. The van der Waals surface area contributed by atoms with E-state index in [2.05, 4.69) is 46.8 Å². The van der Waals surface area contributed by atoms with Gasteiger partial charge in [-0.3, -0.25) is 0 Å². The highest BCUT2D eigenvalue weighted by molar-refractivity contribution is 6.16. The van der Waals surface area contributed by atoms with Crippen LogP contribution in [-0.2, 0) is 12.4 Å². The molecule has 0 fully saturated rings. The molecule has 19 heavy (non-hydrogen) atoms. The molecule has 0 N–H and O–H groups in total. The number of fused-ring (bicyclic) bond motifs is 1. The van der Waals surface area contributed by atoms with E-state index in [-0.39, 0.29) is 0 Å². The Kier molecular flexibility index (Phi) is 3.26. The maximum atomic E-state index is 6.03. The van der Waals surface area contributed by atoms with Gasteiger partial charge in [-0.05, 0) is 30.2 Å². The third-order valence-corrected chi connectivity index (χ3v) is 3.68. The largest absolute Gasteiger partial charge is 0.322 e. The van der Waals surface area contributed by atoms with E-state index < -0.39 is 0 Å². The number of para-hydroxylation sites is 2. The van der Waals surface area contributed by atoms with Gasteiger partial charge >= 0.3 is 0 Å². The first-order chi connectivity index (χ1) is 9.29. The fourth-order valence-corrected chi connectivity index (χ4v) is 2.57. The molecule has 1 aromatic heterocycles. The van der Waals surface area contributed by atoms with Crippen molar-refractivity contribution in [3.8, 4) is 0 Å². The van der Waals surface area contributed by atoms with Crippen LogP contribution in [0.3, 0.4) is 0 Å². The molecule has 0 spiro atoms. The van der Waals surface area contributed by atoms with E-state index in [1.807, 2.05) is 18.2 Å². The fourth-order valence-electron chi connectivity index (χ4n) is 2.36. The highest BCUT2D eigenvalue weighted by atomic mass is 35.5. The predicted octanol–water partition coefficient (Wildman–Crippen LogP) is 4.13. The topological polar surface area (TPSA) is 17.8 Å². The average Bonchev–Trinajstić information content (AvgIpc) is 2.79. The maximum Gasteiger partial charge on any atom is 0.125 e. The third kappa shape index (κ3) is 2.24. The number of nitrogens with zero attached hydrogens (tertiary/aromatic N) is 2. The van der Waals surface area contributed by atoms with Crippen LogP contribution in [0.2, 0.25) is 0 Å². The Morgan fingerprint density at radius 1 is 1.05 bits per heavy atom. The zero-order valence-corrected chi connectivity index (χ0v) is 11.6. The lowest BCUT2D eigenvalue weighted by Gasteiger charge is -2.10. The summed E-state index contributed by atoms with van der Waals surface area (Å²) in [5.74, 6) is 1.35. The molecule has 0 aliphatic rings. The first-order valence-electron chi connectivity index (χ1n) is 6.34. The first kappa shape index (κ1) is 12.2. The van der Waals surface area contributed by atoms with Gasteiger partial charge < -0.3 is 4.57 Å². The van der Waals surface area contributed by atoms with Crippen molar-refractivity contribution in [2.75, 3.05) is 0 Å². The Hall–Kier alpha value is -1.80. The monoisotopic (exact) mass is 270 g/mol. The van der Waals surface area contributed by atoms with E-state index in [1.165, 1.54) is 11.1 Å². The van der Waals surface area contributed by atoms with Crippen LogP contribution in [0.5, 0.6) is 0 Å². The van der Waals surface area contributed by atoms with Crippen LogP contribution in [0.15, 0.2) is 48.5 Å². The zero-order valence-electron chi connectivity index (χ0n) is 10.8. The summed E-state index contributed by atoms with van der Waals surface area (Å²) in [6, 6.07) is 16.6. The summed E-state index contributed by atoms with van der Waals surface area (Å²) in [5, 5.41) is 0. The molecule has 3 heteroatoms. The van der Waals surface area contributed by atoms with E-state index in [0.29, 0.717) is 5.88 Å². The van der Waals surface area contributed by atoms with Crippen molar-refractivity contribution >= 4 is 22.6 Å². The van der Waals surface area contributed by atoms with Crippen LogP contribution in [0.25, 0.3) is 11.0 Å². The SMILES string of the molecule is Cc1ccccc1Cn1c(CCl)nc2ccccc21. The summed E-state index contributed by atoms with van der Waals surface area (Å²) < 4.78 is 2.20. The quantitative estimate of drug-likeness (QED) is 0.654. The molecule has 0 radical (unpaired) electrons. The molecule has 0 saturated heterocycles. The second-order valence-electron chi connectivity index (χ2n) is 4.66. The van der Waals surface area contributed by atoms with Crippen molar-refractivity contribution in [2.45, 2.75) is 19.3 Å². The summed E-state index contributed by atoms with van der Waals surface area (Å²) in [7, 11) is 0. The van der Waals surface area contributed by atoms with Gasteiger partial charge in [-0.25, -0.2) is 4.98 Å². The van der Waals surface area contributed by atoms with Gasteiger partial charge in [0.2, 0.25) is 0 Å². The number of hydrogen-bond donors (Lipinski definition) is 0. The van der Waals surface area contributed by atoms with Gasteiger partial charge in [-0.2, -0.15) is 0 Å². The van der Waals surface area contributed by atoms with Gasteiger partial charge in [0.15, 0.2) is 0 Å². The van der Waals surface area contributed by atoms with Crippen molar-refractivity contribution in [1.82, 2.24) is 9.55 Å². The molecule has 96 valence electrons. The van der Waals surface area contributed by atoms with Crippen molar-refractivity contribution < 1.29 is 0 Å². The molecular formula is C16H15ClN2. The average molecular weight is 271 g/mol. The Balaban J connectivity index is 2.12. The molecule has 0 bridgehead atoms. The molecule has 2 aromatic carbocycles. The van der Waals surface area contributed by atoms with Gasteiger partial charge in [0.1, 0.15) is 5.82 Å². The van der Waals surface area contributed by atoms with Gasteiger partial charge in [0, 0.05) is 6.54 Å².